The average molecular weight is 1400 g/mol. The zero-order chi connectivity index (χ0) is 73.6. The van der Waals surface area contributed by atoms with Crippen LogP contribution in [0.2, 0.25) is 0 Å². The summed E-state index contributed by atoms with van der Waals surface area (Å²) in [7, 11) is 0. The standard InChI is InChI=1S/C31H48O2S2.C24H26FNO4.C23H16O11/c1-27(2,3)21-15-19(16-22(25(21)32)28(4,5)6)34-31(13,14)35-20-17-23(29(7,8)9)26(33)24(18-20)30(10,11)12;1-15(2)26-21-6-4-3-5-20(21)24(16-7-9-17(25)10-8-16)22(26)12-11-18(27)13-19(28)14-23(29)30;24-11(9-31-14-3-1-5-16-20(14)12(25)7-18(33-16)22(27)28)10-32-15-4-2-6-17-21(15)13(26)8-19(34-17)23(29)30/h15-18,32-33H,1-14H3;3-12,15,18-19,27-28H,13-14H2,1-2H3,(H,29,30);1-8,11,24H,9-10H2,(H,27,28)(H,29,30)/b;12-11+;/t;18-,19-;/m.1./s1. The van der Waals surface area contributed by atoms with Gasteiger partial charge in [-0.25, -0.2) is 14.0 Å². The number of phenolic OH excluding ortho intramolecular Hbond substituents is 2. The molecular formula is C78H90FNO17S2. The number of ether oxygens (including phenoxy) is 2. The van der Waals surface area contributed by atoms with Crippen LogP contribution in [0.4, 0.5) is 4.39 Å². The highest BCUT2D eigenvalue weighted by atomic mass is 32.2. The first kappa shape index (κ1) is 77.5. The lowest BCUT2D eigenvalue weighted by Gasteiger charge is -2.31. The number of thioether (sulfide) groups is 2. The number of aromatic nitrogens is 1. The van der Waals surface area contributed by atoms with Gasteiger partial charge in [0.25, 0.3) is 0 Å². The number of hydrogen-bond donors (Lipinski definition) is 8. The van der Waals surface area contributed by atoms with Gasteiger partial charge in [-0.2, -0.15) is 0 Å². The van der Waals surface area contributed by atoms with E-state index in [2.05, 4.69) is 140 Å². The second-order valence-corrected chi connectivity index (χ2v) is 32.7. The average Bonchev–Trinajstić information content (AvgIpc) is 1.62. The monoisotopic (exact) mass is 1400 g/mol. The third-order valence-corrected chi connectivity index (χ3v) is 18.3. The predicted molar refractivity (Wildman–Crippen MR) is 388 cm³/mol. The Balaban J connectivity index is 0.000000209. The number of carbonyl (C=O) groups is 3. The number of para-hydroxylation sites is 1. The minimum atomic E-state index is -1.39. The maximum absolute atomic E-state index is 13.5. The Kier molecular flexibility index (Phi) is 24.4. The fraction of sp³-hybridized carbons (Fsp3) is 0.372. The van der Waals surface area contributed by atoms with Gasteiger partial charge in [0.2, 0.25) is 11.5 Å². The van der Waals surface area contributed by atoms with Crippen LogP contribution in [0.5, 0.6) is 23.0 Å². The van der Waals surface area contributed by atoms with Crippen LogP contribution in [0.25, 0.3) is 50.0 Å². The molecule has 2 atom stereocenters. The number of benzene rings is 6. The summed E-state index contributed by atoms with van der Waals surface area (Å²) < 4.78 is 36.9. The third-order valence-electron chi connectivity index (χ3n) is 15.8. The molecule has 528 valence electrons. The zero-order valence-electron chi connectivity index (χ0n) is 58.7. The summed E-state index contributed by atoms with van der Waals surface area (Å²) in [6.45, 7) is 33.9. The highest BCUT2D eigenvalue weighted by molar-refractivity contribution is 8.18. The molecule has 8 N–H and O–H groups in total. The molecule has 0 amide bonds. The van der Waals surface area contributed by atoms with Crippen molar-refractivity contribution >= 4 is 80.3 Å². The van der Waals surface area contributed by atoms with E-state index in [1.165, 1.54) is 58.3 Å². The number of carboxylic acid groups (broad SMARTS) is 3. The van der Waals surface area contributed by atoms with E-state index in [9.17, 15) is 53.9 Å². The van der Waals surface area contributed by atoms with Crippen LogP contribution in [0.15, 0.2) is 156 Å². The van der Waals surface area contributed by atoms with Gasteiger partial charge in [0.15, 0.2) is 10.9 Å². The molecule has 0 aliphatic heterocycles. The molecule has 6 aromatic carbocycles. The summed E-state index contributed by atoms with van der Waals surface area (Å²) in [5, 5.41) is 80.5. The molecule has 0 aliphatic rings. The van der Waals surface area contributed by atoms with Crippen LogP contribution in [-0.2, 0) is 26.5 Å². The topological polar surface area (TPSA) is 297 Å². The smallest absolute Gasteiger partial charge is 0.371 e. The van der Waals surface area contributed by atoms with E-state index >= 15 is 0 Å². The van der Waals surface area contributed by atoms with Gasteiger partial charge in [0.05, 0.1) is 22.7 Å². The lowest BCUT2D eigenvalue weighted by molar-refractivity contribution is -0.139. The molecule has 0 unspecified atom stereocenters. The lowest BCUT2D eigenvalue weighted by atomic mass is 9.79. The number of carboxylic acids is 3. The first-order chi connectivity index (χ1) is 45.9. The van der Waals surface area contributed by atoms with Crippen LogP contribution in [0, 0.1) is 5.82 Å². The van der Waals surface area contributed by atoms with Crippen molar-refractivity contribution in [2.45, 2.75) is 184 Å². The number of aromatic hydroxyl groups is 2. The number of halogens is 1. The molecule has 0 radical (unpaired) electrons. The summed E-state index contributed by atoms with van der Waals surface area (Å²) in [6.07, 6.45) is -0.466. The van der Waals surface area contributed by atoms with Gasteiger partial charge >= 0.3 is 17.9 Å². The number of aliphatic carboxylic acids is 1. The Morgan fingerprint density at radius 1 is 0.566 bits per heavy atom. The fourth-order valence-corrected chi connectivity index (χ4v) is 13.8. The van der Waals surface area contributed by atoms with Crippen molar-refractivity contribution in [3.8, 4) is 34.1 Å². The molecule has 18 nitrogen and oxygen atoms in total. The molecule has 99 heavy (non-hydrogen) atoms. The molecule has 0 spiro atoms. The quantitative estimate of drug-likeness (QED) is 0.0260. The maximum atomic E-state index is 13.5. The van der Waals surface area contributed by atoms with Gasteiger partial charge in [-0.15, -0.1) is 23.5 Å². The van der Waals surface area contributed by atoms with Crippen molar-refractivity contribution in [1.82, 2.24) is 4.57 Å². The SMILES string of the molecule is CC(C)(Sc1cc(C(C)(C)C)c(O)c(C(C)(C)C)c1)Sc1cc(C(C)(C)C)c(O)c(C(C)(C)C)c1.CC(C)n1c(/C=C/[C@@H](O)C[C@@H](O)CC(=O)O)c(-c2ccc(F)cc2)c2ccccc21.O=C(O)c1cc(=O)c2c(OCC(O)COc3cccc4oc(C(=O)O)cc(=O)c34)cccc2o1. The number of phenols is 2. The van der Waals surface area contributed by atoms with Crippen LogP contribution in [-0.4, -0.2) is 98.9 Å². The summed E-state index contributed by atoms with van der Waals surface area (Å²) in [5.41, 5.74) is 5.76. The van der Waals surface area contributed by atoms with Crippen molar-refractivity contribution in [3.63, 3.8) is 0 Å². The molecule has 0 saturated carbocycles. The minimum absolute atomic E-state index is 0.0105. The van der Waals surface area contributed by atoms with Gasteiger partial charge in [-0.1, -0.05) is 132 Å². The number of aromatic carboxylic acids is 2. The highest BCUT2D eigenvalue weighted by Crippen LogP contribution is 2.51. The Morgan fingerprint density at radius 3 is 1.36 bits per heavy atom. The molecule has 3 heterocycles. The van der Waals surface area contributed by atoms with Crippen molar-refractivity contribution < 1.29 is 77.9 Å². The minimum Gasteiger partial charge on any atom is -0.507 e. The molecule has 0 fully saturated rings. The maximum Gasteiger partial charge on any atom is 0.371 e. The number of rotatable bonds is 20. The second-order valence-electron chi connectivity index (χ2n) is 29.1. The Hall–Kier alpha value is -8.86. The summed E-state index contributed by atoms with van der Waals surface area (Å²) >= 11 is 3.66. The summed E-state index contributed by atoms with van der Waals surface area (Å²) in [4.78, 5) is 59.9. The second kappa shape index (κ2) is 31.1. The Bertz CT molecular complexity index is 4300. The summed E-state index contributed by atoms with van der Waals surface area (Å²) in [6, 6.07) is 33.4. The van der Waals surface area contributed by atoms with Gasteiger partial charge in [-0.3, -0.25) is 14.4 Å². The molecule has 0 bridgehead atoms. The number of aliphatic hydroxyl groups is 3. The van der Waals surface area contributed by atoms with Crippen LogP contribution < -0.4 is 20.3 Å². The highest BCUT2D eigenvalue weighted by Gasteiger charge is 2.32. The first-order valence-corrected chi connectivity index (χ1v) is 33.9. The molecule has 9 aromatic rings. The van der Waals surface area contributed by atoms with E-state index in [4.69, 9.17) is 33.6 Å². The Labute approximate surface area is 583 Å². The number of fused-ring (bicyclic) bond motifs is 3. The summed E-state index contributed by atoms with van der Waals surface area (Å²) in [5.74, 6) is -4.24. The normalized spacial score (nSPS) is 12.9. The molecule has 0 saturated heterocycles. The first-order valence-electron chi connectivity index (χ1n) is 32.3. The van der Waals surface area contributed by atoms with Gasteiger partial charge < -0.3 is 63.7 Å². The third kappa shape index (κ3) is 19.7. The van der Waals surface area contributed by atoms with Gasteiger partial charge in [-0.05, 0) is 128 Å². The molecule has 3 aromatic heterocycles. The van der Waals surface area contributed by atoms with E-state index < -0.39 is 65.0 Å². The van der Waals surface area contributed by atoms with E-state index in [0.29, 0.717) is 11.5 Å². The van der Waals surface area contributed by atoms with E-state index in [1.54, 1.807) is 24.3 Å². The van der Waals surface area contributed by atoms with E-state index in [-0.39, 0.29) is 90.7 Å². The number of nitrogens with zero attached hydrogens (tertiary/aromatic N) is 1. The van der Waals surface area contributed by atoms with E-state index in [1.807, 2.05) is 47.8 Å². The van der Waals surface area contributed by atoms with Gasteiger partial charge in [0.1, 0.15) is 70.1 Å². The molecule has 0 aliphatic carbocycles. The van der Waals surface area contributed by atoms with Crippen molar-refractivity contribution in [3.05, 3.63) is 193 Å². The van der Waals surface area contributed by atoms with E-state index in [0.717, 1.165) is 62.1 Å². The lowest BCUT2D eigenvalue weighted by Crippen LogP contribution is -2.25. The zero-order valence-corrected chi connectivity index (χ0v) is 60.4. The Morgan fingerprint density at radius 2 is 0.980 bits per heavy atom. The molecule has 21 heteroatoms. The molecule has 9 rings (SSSR count). The number of hydrogen-bond acceptors (Lipinski definition) is 16. The number of aliphatic hydroxyl groups excluding tert-OH is 3. The predicted octanol–water partition coefficient (Wildman–Crippen LogP) is 16.7. The largest absolute Gasteiger partial charge is 0.507 e. The van der Waals surface area contributed by atoms with Crippen molar-refractivity contribution in [1.29, 1.82) is 0 Å². The van der Waals surface area contributed by atoms with Crippen LogP contribution in [0.3, 0.4) is 0 Å². The van der Waals surface area contributed by atoms with Crippen LogP contribution >= 0.6 is 23.5 Å². The van der Waals surface area contributed by atoms with Crippen molar-refractivity contribution in [2.24, 2.45) is 0 Å². The molecular weight excluding hydrogens is 1310 g/mol. The van der Waals surface area contributed by atoms with Crippen molar-refractivity contribution in [2.75, 3.05) is 13.2 Å². The fourth-order valence-electron chi connectivity index (χ4n) is 11.2. The van der Waals surface area contributed by atoms with Crippen LogP contribution in [0.1, 0.15) is 179 Å². The van der Waals surface area contributed by atoms with Gasteiger partial charge in [0, 0.05) is 78.8 Å².